The summed E-state index contributed by atoms with van der Waals surface area (Å²) in [6.45, 7) is 2.20. The Morgan fingerprint density at radius 2 is 2.45 bits per heavy atom. The third kappa shape index (κ3) is 3.19. The second-order valence-electron chi connectivity index (χ2n) is 5.61. The van der Waals surface area contributed by atoms with Crippen molar-refractivity contribution in [2.24, 2.45) is 0 Å². The molecule has 2 aliphatic rings. The molecule has 0 aromatic carbocycles. The molecule has 3 rings (SSSR count). The monoisotopic (exact) mass is 278 g/mol. The normalized spacial score (nSPS) is 30.3. The van der Waals surface area contributed by atoms with Gasteiger partial charge < -0.3 is 19.9 Å². The number of nitrogens with zero attached hydrogens (tertiary/aromatic N) is 2. The maximum atomic E-state index is 12.2. The van der Waals surface area contributed by atoms with Crippen molar-refractivity contribution in [3.63, 3.8) is 0 Å². The first-order valence-corrected chi connectivity index (χ1v) is 7.41. The molecule has 1 aromatic rings. The number of hydrogen-bond donors (Lipinski definition) is 2. The lowest BCUT2D eigenvalue weighted by molar-refractivity contribution is -0.123. The largest absolute Gasteiger partial charge is 0.378 e. The van der Waals surface area contributed by atoms with Gasteiger partial charge >= 0.3 is 0 Å². The molecule has 1 saturated carbocycles. The maximum Gasteiger partial charge on any atom is 0.221 e. The lowest BCUT2D eigenvalue weighted by atomic mass is 10.1. The van der Waals surface area contributed by atoms with Gasteiger partial charge in [0.25, 0.3) is 0 Å². The number of carbonyl (C=O) groups excluding carboxylic acids is 1. The predicted octanol–water partition coefficient (Wildman–Crippen LogP) is 0.471. The van der Waals surface area contributed by atoms with Crippen molar-refractivity contribution < 1.29 is 9.53 Å². The zero-order valence-corrected chi connectivity index (χ0v) is 11.6. The van der Waals surface area contributed by atoms with E-state index in [1.54, 1.807) is 6.20 Å². The molecule has 0 radical (unpaired) electrons. The molecule has 2 N–H and O–H groups in total. The molecule has 1 aromatic heterocycles. The quantitative estimate of drug-likeness (QED) is 0.840. The van der Waals surface area contributed by atoms with E-state index in [1.807, 2.05) is 12.5 Å². The van der Waals surface area contributed by atoms with E-state index in [1.165, 1.54) is 0 Å². The molecule has 6 nitrogen and oxygen atoms in total. The molecule has 1 aliphatic carbocycles. The van der Waals surface area contributed by atoms with Crippen LogP contribution in [0.15, 0.2) is 18.7 Å². The molecule has 2 fully saturated rings. The Labute approximate surface area is 118 Å². The zero-order chi connectivity index (χ0) is 13.8. The van der Waals surface area contributed by atoms with E-state index in [9.17, 15) is 4.79 Å². The summed E-state index contributed by atoms with van der Waals surface area (Å²) < 4.78 is 7.49. The summed E-state index contributed by atoms with van der Waals surface area (Å²) in [5, 5.41) is 6.49. The Morgan fingerprint density at radius 3 is 3.20 bits per heavy atom. The lowest BCUT2D eigenvalue weighted by Gasteiger charge is -2.26. The molecule has 1 saturated heterocycles. The number of carbonyl (C=O) groups is 1. The Morgan fingerprint density at radius 1 is 1.50 bits per heavy atom. The highest BCUT2D eigenvalue weighted by atomic mass is 16.5. The van der Waals surface area contributed by atoms with Crippen molar-refractivity contribution in [2.45, 2.75) is 43.8 Å². The first kappa shape index (κ1) is 13.6. The molecule has 3 unspecified atom stereocenters. The lowest BCUT2D eigenvalue weighted by Crippen LogP contribution is -2.46. The van der Waals surface area contributed by atoms with Crippen molar-refractivity contribution in [1.82, 2.24) is 20.2 Å². The maximum absolute atomic E-state index is 12.2. The van der Waals surface area contributed by atoms with Crippen LogP contribution in [0.2, 0.25) is 0 Å². The van der Waals surface area contributed by atoms with Crippen LogP contribution >= 0.6 is 0 Å². The molecule has 2 heterocycles. The number of hydrogen-bond acceptors (Lipinski definition) is 4. The van der Waals surface area contributed by atoms with Crippen LogP contribution in [0.1, 0.15) is 31.7 Å². The van der Waals surface area contributed by atoms with Gasteiger partial charge in [0.2, 0.25) is 5.91 Å². The number of morpholine rings is 1. The molecule has 3 atom stereocenters. The first-order chi connectivity index (χ1) is 9.83. The summed E-state index contributed by atoms with van der Waals surface area (Å²) in [6.07, 6.45) is 9.40. The molecule has 110 valence electrons. The fourth-order valence-electron chi connectivity index (χ4n) is 3.17. The van der Waals surface area contributed by atoms with E-state index in [2.05, 4.69) is 20.2 Å². The Kier molecular flexibility index (Phi) is 4.32. The van der Waals surface area contributed by atoms with Crippen LogP contribution in [0.25, 0.3) is 0 Å². The summed E-state index contributed by atoms with van der Waals surface area (Å²) in [5.41, 5.74) is 0. The predicted molar refractivity (Wildman–Crippen MR) is 74.3 cm³/mol. The van der Waals surface area contributed by atoms with Crippen molar-refractivity contribution >= 4 is 5.91 Å². The van der Waals surface area contributed by atoms with E-state index in [0.717, 1.165) is 32.4 Å². The Balaban J connectivity index is 1.52. The molecular formula is C14H22N4O2. The summed E-state index contributed by atoms with van der Waals surface area (Å²) in [7, 11) is 0. The molecule has 0 bridgehead atoms. The average molecular weight is 278 g/mol. The fourth-order valence-corrected chi connectivity index (χ4v) is 3.17. The van der Waals surface area contributed by atoms with Gasteiger partial charge in [0.1, 0.15) is 0 Å². The van der Waals surface area contributed by atoms with Crippen LogP contribution in [0, 0.1) is 0 Å². The summed E-state index contributed by atoms with van der Waals surface area (Å²) in [5.74, 6) is 0.116. The van der Waals surface area contributed by atoms with E-state index < -0.39 is 0 Å². The Hall–Kier alpha value is -1.40. The van der Waals surface area contributed by atoms with Crippen molar-refractivity contribution in [3.05, 3.63) is 18.7 Å². The van der Waals surface area contributed by atoms with Gasteiger partial charge in [-0.15, -0.1) is 0 Å². The topological polar surface area (TPSA) is 68.2 Å². The molecule has 6 heteroatoms. The van der Waals surface area contributed by atoms with Crippen LogP contribution in [-0.4, -0.2) is 47.3 Å². The van der Waals surface area contributed by atoms with Crippen LogP contribution < -0.4 is 10.6 Å². The second kappa shape index (κ2) is 6.37. The fraction of sp³-hybridized carbons (Fsp3) is 0.714. The summed E-state index contributed by atoms with van der Waals surface area (Å²) in [6, 6.07) is 0.718. The zero-order valence-electron chi connectivity index (χ0n) is 11.6. The van der Waals surface area contributed by atoms with Gasteiger partial charge in [-0.2, -0.15) is 0 Å². The number of imidazole rings is 1. The average Bonchev–Trinajstić information content (AvgIpc) is 3.10. The molecule has 20 heavy (non-hydrogen) atoms. The Bertz CT molecular complexity index is 428. The molecule has 1 aliphatic heterocycles. The number of ether oxygens (including phenoxy) is 1. The number of aromatic nitrogens is 2. The minimum atomic E-state index is 0.116. The standard InChI is InChI=1S/C14H22N4O2/c19-14(8-11-9-20-7-5-16-11)17-12-2-1-3-13(12)18-6-4-15-10-18/h4,6,10-13,16H,1-3,5,7-9H2,(H,17,19). The number of amides is 1. The SMILES string of the molecule is O=C(CC1COCCN1)NC1CCCC1n1ccnc1. The smallest absolute Gasteiger partial charge is 0.221 e. The molecule has 1 amide bonds. The van der Waals surface area contributed by atoms with Crippen LogP contribution in [0.4, 0.5) is 0 Å². The van der Waals surface area contributed by atoms with Crippen molar-refractivity contribution in [2.75, 3.05) is 19.8 Å². The van der Waals surface area contributed by atoms with Crippen molar-refractivity contribution in [3.8, 4) is 0 Å². The minimum Gasteiger partial charge on any atom is -0.378 e. The van der Waals surface area contributed by atoms with E-state index in [4.69, 9.17) is 4.74 Å². The van der Waals surface area contributed by atoms with E-state index in [0.29, 0.717) is 19.1 Å². The van der Waals surface area contributed by atoms with Gasteiger partial charge in [-0.1, -0.05) is 0 Å². The van der Waals surface area contributed by atoms with Crippen LogP contribution in [-0.2, 0) is 9.53 Å². The van der Waals surface area contributed by atoms with Gasteiger partial charge in [-0.3, -0.25) is 4.79 Å². The van der Waals surface area contributed by atoms with Crippen LogP contribution in [0.5, 0.6) is 0 Å². The third-order valence-corrected chi connectivity index (χ3v) is 4.16. The van der Waals surface area contributed by atoms with E-state index >= 15 is 0 Å². The van der Waals surface area contributed by atoms with Crippen molar-refractivity contribution in [1.29, 1.82) is 0 Å². The summed E-state index contributed by atoms with van der Waals surface area (Å²) >= 11 is 0. The first-order valence-electron chi connectivity index (χ1n) is 7.41. The number of rotatable bonds is 4. The highest BCUT2D eigenvalue weighted by Crippen LogP contribution is 2.29. The summed E-state index contributed by atoms with van der Waals surface area (Å²) in [4.78, 5) is 16.2. The second-order valence-corrected chi connectivity index (χ2v) is 5.61. The van der Waals surface area contributed by atoms with Gasteiger partial charge in [0.05, 0.1) is 25.6 Å². The van der Waals surface area contributed by atoms with Gasteiger partial charge in [0, 0.05) is 37.4 Å². The molecule has 0 spiro atoms. The minimum absolute atomic E-state index is 0.116. The highest BCUT2D eigenvalue weighted by Gasteiger charge is 2.30. The van der Waals surface area contributed by atoms with E-state index in [-0.39, 0.29) is 18.0 Å². The van der Waals surface area contributed by atoms with Gasteiger partial charge in [-0.05, 0) is 19.3 Å². The van der Waals surface area contributed by atoms with Gasteiger partial charge in [0.15, 0.2) is 0 Å². The van der Waals surface area contributed by atoms with Crippen LogP contribution in [0.3, 0.4) is 0 Å². The number of nitrogens with one attached hydrogen (secondary N) is 2. The molecular weight excluding hydrogens is 256 g/mol. The van der Waals surface area contributed by atoms with Gasteiger partial charge in [-0.25, -0.2) is 4.98 Å². The third-order valence-electron chi connectivity index (χ3n) is 4.16. The highest BCUT2D eigenvalue weighted by molar-refractivity contribution is 5.77.